The molecule has 0 atom stereocenters. The van der Waals surface area contributed by atoms with Gasteiger partial charge >= 0.3 is 0 Å². The van der Waals surface area contributed by atoms with Crippen molar-refractivity contribution in [3.8, 4) is 11.3 Å². The highest BCUT2D eigenvalue weighted by molar-refractivity contribution is 6.33. The largest absolute Gasteiger partial charge is 0.340 e. The number of nitrogens with two attached hydrogens (primary N) is 1. The lowest BCUT2D eigenvalue weighted by atomic mass is 9.93. The Hall–Kier alpha value is -1.32. The predicted octanol–water partition coefficient (Wildman–Crippen LogP) is 3.70. The third-order valence-electron chi connectivity index (χ3n) is 3.47. The molecule has 1 aromatic carbocycles. The minimum absolute atomic E-state index is 0.389. The second-order valence-electron chi connectivity index (χ2n) is 4.49. The van der Waals surface area contributed by atoms with Crippen molar-refractivity contribution in [3.63, 3.8) is 0 Å². The van der Waals surface area contributed by atoms with Crippen LogP contribution in [0.5, 0.6) is 0 Å². The SMILES string of the molecule is CCC(N)(CC)c1ncc(-c2ccccc2Cl)[nH]1. The highest BCUT2D eigenvalue weighted by Crippen LogP contribution is 2.29. The van der Waals surface area contributed by atoms with Gasteiger partial charge in [-0.25, -0.2) is 4.98 Å². The Labute approximate surface area is 112 Å². The van der Waals surface area contributed by atoms with Gasteiger partial charge in [0.15, 0.2) is 0 Å². The molecule has 1 aromatic heterocycles. The van der Waals surface area contributed by atoms with E-state index in [2.05, 4.69) is 23.8 Å². The van der Waals surface area contributed by atoms with Crippen LogP contribution in [0.15, 0.2) is 30.5 Å². The number of hydrogen-bond acceptors (Lipinski definition) is 2. The van der Waals surface area contributed by atoms with Gasteiger partial charge in [-0.05, 0) is 18.9 Å². The first-order chi connectivity index (χ1) is 8.60. The summed E-state index contributed by atoms with van der Waals surface area (Å²) in [7, 11) is 0. The van der Waals surface area contributed by atoms with Crippen LogP contribution in [-0.4, -0.2) is 9.97 Å². The van der Waals surface area contributed by atoms with E-state index in [4.69, 9.17) is 17.3 Å². The van der Waals surface area contributed by atoms with Crippen LogP contribution in [-0.2, 0) is 5.54 Å². The van der Waals surface area contributed by atoms with Gasteiger partial charge in [-0.2, -0.15) is 0 Å². The highest BCUT2D eigenvalue weighted by Gasteiger charge is 2.26. The van der Waals surface area contributed by atoms with Gasteiger partial charge in [0.2, 0.25) is 0 Å². The van der Waals surface area contributed by atoms with Gasteiger partial charge in [0, 0.05) is 10.6 Å². The van der Waals surface area contributed by atoms with Crippen molar-refractivity contribution in [1.82, 2.24) is 9.97 Å². The number of aromatic amines is 1. The van der Waals surface area contributed by atoms with Gasteiger partial charge in [0.25, 0.3) is 0 Å². The minimum atomic E-state index is -0.389. The van der Waals surface area contributed by atoms with E-state index in [0.717, 1.165) is 29.9 Å². The van der Waals surface area contributed by atoms with Crippen molar-refractivity contribution < 1.29 is 0 Å². The number of H-pyrrole nitrogens is 1. The summed E-state index contributed by atoms with van der Waals surface area (Å²) in [5.74, 6) is 0.822. The van der Waals surface area contributed by atoms with E-state index in [-0.39, 0.29) is 5.54 Å². The molecule has 96 valence electrons. The summed E-state index contributed by atoms with van der Waals surface area (Å²) in [5.41, 5.74) is 7.79. The van der Waals surface area contributed by atoms with Crippen molar-refractivity contribution in [2.24, 2.45) is 5.73 Å². The van der Waals surface area contributed by atoms with Crippen LogP contribution < -0.4 is 5.73 Å². The first kappa shape index (κ1) is 13.1. The maximum Gasteiger partial charge on any atom is 0.126 e. The first-order valence-electron chi connectivity index (χ1n) is 6.20. The summed E-state index contributed by atoms with van der Waals surface area (Å²) in [6.07, 6.45) is 3.49. The van der Waals surface area contributed by atoms with E-state index in [1.807, 2.05) is 24.3 Å². The van der Waals surface area contributed by atoms with E-state index in [9.17, 15) is 0 Å². The molecule has 0 bridgehead atoms. The third kappa shape index (κ3) is 2.28. The molecule has 0 aliphatic heterocycles. The number of rotatable bonds is 4. The first-order valence-corrected chi connectivity index (χ1v) is 6.57. The zero-order chi connectivity index (χ0) is 13.2. The Morgan fingerprint density at radius 3 is 2.56 bits per heavy atom. The lowest BCUT2D eigenvalue weighted by Crippen LogP contribution is -2.36. The molecule has 4 heteroatoms. The van der Waals surface area contributed by atoms with E-state index >= 15 is 0 Å². The Balaban J connectivity index is 2.40. The molecule has 3 N–H and O–H groups in total. The van der Waals surface area contributed by atoms with Crippen molar-refractivity contribution in [3.05, 3.63) is 41.3 Å². The molecule has 0 radical (unpaired) electrons. The summed E-state index contributed by atoms with van der Waals surface area (Å²) in [6, 6.07) is 7.70. The van der Waals surface area contributed by atoms with E-state index in [0.29, 0.717) is 5.02 Å². The molecule has 0 aliphatic carbocycles. The summed E-state index contributed by atoms with van der Waals surface area (Å²) >= 11 is 6.17. The molecule has 0 fully saturated rings. The van der Waals surface area contributed by atoms with Crippen LogP contribution in [0.3, 0.4) is 0 Å². The van der Waals surface area contributed by atoms with Gasteiger partial charge in [-0.3, -0.25) is 0 Å². The maximum atomic E-state index is 6.32. The summed E-state index contributed by atoms with van der Waals surface area (Å²) < 4.78 is 0. The van der Waals surface area contributed by atoms with Crippen molar-refractivity contribution >= 4 is 11.6 Å². The minimum Gasteiger partial charge on any atom is -0.340 e. The molecule has 2 aromatic rings. The standard InChI is InChI=1S/C14H18ClN3/c1-3-14(16,4-2)13-17-9-12(18-13)10-7-5-6-8-11(10)15/h5-9H,3-4,16H2,1-2H3,(H,17,18). The van der Waals surface area contributed by atoms with Gasteiger partial charge in [0.05, 0.1) is 17.4 Å². The molecule has 1 heterocycles. The van der Waals surface area contributed by atoms with E-state index in [1.165, 1.54) is 0 Å². The van der Waals surface area contributed by atoms with Gasteiger partial charge in [0.1, 0.15) is 5.82 Å². The van der Waals surface area contributed by atoms with Crippen molar-refractivity contribution in [2.75, 3.05) is 0 Å². The fraction of sp³-hybridized carbons (Fsp3) is 0.357. The second kappa shape index (κ2) is 5.12. The van der Waals surface area contributed by atoms with E-state index < -0.39 is 0 Å². The van der Waals surface area contributed by atoms with E-state index in [1.54, 1.807) is 6.20 Å². The van der Waals surface area contributed by atoms with Crippen LogP contribution in [0, 0.1) is 0 Å². The van der Waals surface area contributed by atoms with Crippen molar-refractivity contribution in [2.45, 2.75) is 32.2 Å². The fourth-order valence-corrected chi connectivity index (χ4v) is 2.21. The number of nitrogens with zero attached hydrogens (tertiary/aromatic N) is 1. The third-order valence-corrected chi connectivity index (χ3v) is 3.80. The van der Waals surface area contributed by atoms with Gasteiger partial charge in [-0.1, -0.05) is 43.6 Å². The molecule has 0 unspecified atom stereocenters. The average Bonchev–Trinajstić information content (AvgIpc) is 2.88. The quantitative estimate of drug-likeness (QED) is 0.884. The molecule has 0 amide bonds. The normalized spacial score (nSPS) is 11.8. The lowest BCUT2D eigenvalue weighted by molar-refractivity contribution is 0.391. The number of aromatic nitrogens is 2. The zero-order valence-electron chi connectivity index (χ0n) is 10.7. The zero-order valence-corrected chi connectivity index (χ0v) is 11.5. The predicted molar refractivity (Wildman–Crippen MR) is 75.5 cm³/mol. The summed E-state index contributed by atoms with van der Waals surface area (Å²) in [5, 5.41) is 0.711. The molecular formula is C14H18ClN3. The van der Waals surface area contributed by atoms with Crippen LogP contribution in [0.25, 0.3) is 11.3 Å². The molecule has 2 rings (SSSR count). The molecular weight excluding hydrogens is 246 g/mol. The Kier molecular flexibility index (Phi) is 3.73. The number of nitrogens with one attached hydrogen (secondary N) is 1. The Morgan fingerprint density at radius 2 is 1.94 bits per heavy atom. The molecule has 0 saturated heterocycles. The molecule has 3 nitrogen and oxygen atoms in total. The highest BCUT2D eigenvalue weighted by atomic mass is 35.5. The van der Waals surface area contributed by atoms with Crippen molar-refractivity contribution in [1.29, 1.82) is 0 Å². The number of benzene rings is 1. The Morgan fingerprint density at radius 1 is 1.28 bits per heavy atom. The molecule has 0 saturated carbocycles. The summed E-state index contributed by atoms with van der Waals surface area (Å²) in [4.78, 5) is 7.70. The fourth-order valence-electron chi connectivity index (χ4n) is 1.98. The maximum absolute atomic E-state index is 6.32. The number of imidazole rings is 1. The summed E-state index contributed by atoms with van der Waals surface area (Å²) in [6.45, 7) is 4.14. The second-order valence-corrected chi connectivity index (χ2v) is 4.90. The van der Waals surface area contributed by atoms with Crippen LogP contribution in [0.1, 0.15) is 32.5 Å². The van der Waals surface area contributed by atoms with Crippen LogP contribution >= 0.6 is 11.6 Å². The number of halogens is 1. The molecule has 0 spiro atoms. The monoisotopic (exact) mass is 263 g/mol. The lowest BCUT2D eigenvalue weighted by Gasteiger charge is -2.23. The molecule has 18 heavy (non-hydrogen) atoms. The topological polar surface area (TPSA) is 54.7 Å². The van der Waals surface area contributed by atoms with Gasteiger partial charge < -0.3 is 10.7 Å². The smallest absolute Gasteiger partial charge is 0.126 e. The van der Waals surface area contributed by atoms with Crippen LogP contribution in [0.4, 0.5) is 0 Å². The van der Waals surface area contributed by atoms with Gasteiger partial charge in [-0.15, -0.1) is 0 Å². The number of hydrogen-bond donors (Lipinski definition) is 2. The average molecular weight is 264 g/mol. The Bertz CT molecular complexity index is 529. The molecule has 0 aliphatic rings. The van der Waals surface area contributed by atoms with Crippen LogP contribution in [0.2, 0.25) is 5.02 Å².